The zero-order valence-electron chi connectivity index (χ0n) is 10.3. The Labute approximate surface area is 101 Å². The molecule has 0 atom stereocenters. The number of hydrazone groups is 1. The molecular weight excluding hydrogens is 216 g/mol. The molecule has 1 aromatic rings. The average Bonchev–Trinajstić information content (AvgIpc) is 2.51. The number of aromatic hydroxyl groups is 1. The van der Waals surface area contributed by atoms with E-state index >= 15 is 0 Å². The second-order valence-electron chi connectivity index (χ2n) is 4.96. The lowest BCUT2D eigenvalue weighted by molar-refractivity contribution is 0.0609. The highest BCUT2D eigenvalue weighted by molar-refractivity contribution is 5.99. The summed E-state index contributed by atoms with van der Waals surface area (Å²) in [5.74, 6) is -0.266. The van der Waals surface area contributed by atoms with E-state index in [2.05, 4.69) is 5.10 Å². The molecule has 0 aromatic heterocycles. The van der Waals surface area contributed by atoms with E-state index in [1.165, 1.54) is 11.1 Å². The molecule has 1 aliphatic rings. The molecule has 4 nitrogen and oxygen atoms in total. The molecule has 1 aromatic carbocycles. The van der Waals surface area contributed by atoms with Gasteiger partial charge in [-0.1, -0.05) is 12.1 Å². The third-order valence-corrected chi connectivity index (χ3v) is 2.86. The van der Waals surface area contributed by atoms with E-state index in [1.54, 1.807) is 18.2 Å². The Hall–Kier alpha value is -1.84. The van der Waals surface area contributed by atoms with Crippen LogP contribution in [0, 0.1) is 0 Å². The van der Waals surface area contributed by atoms with Gasteiger partial charge in [-0.3, -0.25) is 4.79 Å². The zero-order valence-corrected chi connectivity index (χ0v) is 10.3. The van der Waals surface area contributed by atoms with Gasteiger partial charge in [0.15, 0.2) is 0 Å². The summed E-state index contributed by atoms with van der Waals surface area (Å²) >= 11 is 0. The number of phenols is 1. The molecule has 0 saturated heterocycles. The molecule has 90 valence electrons. The van der Waals surface area contributed by atoms with Gasteiger partial charge >= 0.3 is 0 Å². The van der Waals surface area contributed by atoms with Crippen molar-refractivity contribution in [3.8, 4) is 5.75 Å². The Kier molecular flexibility index (Phi) is 2.65. The first kappa shape index (κ1) is 11.6. The van der Waals surface area contributed by atoms with Crippen LogP contribution in [-0.4, -0.2) is 27.3 Å². The highest BCUT2D eigenvalue weighted by Crippen LogP contribution is 2.30. The van der Waals surface area contributed by atoms with Crippen molar-refractivity contribution >= 4 is 11.6 Å². The minimum absolute atomic E-state index is 0.00643. The molecule has 1 heterocycles. The van der Waals surface area contributed by atoms with Crippen molar-refractivity contribution in [3.05, 3.63) is 29.8 Å². The minimum atomic E-state index is -0.330. The van der Waals surface area contributed by atoms with Crippen molar-refractivity contribution in [1.82, 2.24) is 5.01 Å². The molecule has 0 unspecified atom stereocenters. The highest BCUT2D eigenvalue weighted by atomic mass is 16.3. The van der Waals surface area contributed by atoms with Gasteiger partial charge in [0, 0.05) is 12.1 Å². The normalized spacial score (nSPS) is 18.1. The van der Waals surface area contributed by atoms with Crippen LogP contribution in [0.15, 0.2) is 29.4 Å². The summed E-state index contributed by atoms with van der Waals surface area (Å²) in [4.78, 5) is 12.3. The van der Waals surface area contributed by atoms with Gasteiger partial charge in [0.1, 0.15) is 5.75 Å². The fourth-order valence-corrected chi connectivity index (χ4v) is 2.13. The number of hydrogen-bond donors (Lipinski definition) is 1. The molecule has 0 bridgehead atoms. The summed E-state index contributed by atoms with van der Waals surface area (Å²) < 4.78 is 0. The van der Waals surface area contributed by atoms with Crippen molar-refractivity contribution in [2.45, 2.75) is 32.7 Å². The monoisotopic (exact) mass is 232 g/mol. The standard InChI is InChI=1S/C13H16N2O2/c1-9-8-13(2,3)15(14-9)12(17)10-6-4-5-7-11(10)16/h4-7,16H,8H2,1-3H3. The first-order valence-corrected chi connectivity index (χ1v) is 5.58. The van der Waals surface area contributed by atoms with Crippen LogP contribution in [0.25, 0.3) is 0 Å². The van der Waals surface area contributed by atoms with Gasteiger partial charge < -0.3 is 5.11 Å². The van der Waals surface area contributed by atoms with Crippen LogP contribution in [0.3, 0.4) is 0 Å². The number of carbonyl (C=O) groups is 1. The molecule has 0 radical (unpaired) electrons. The maximum absolute atomic E-state index is 12.3. The molecule has 4 heteroatoms. The first-order valence-electron chi connectivity index (χ1n) is 5.58. The van der Waals surface area contributed by atoms with Crippen LogP contribution in [0.2, 0.25) is 0 Å². The van der Waals surface area contributed by atoms with E-state index in [0.717, 1.165) is 12.1 Å². The number of benzene rings is 1. The van der Waals surface area contributed by atoms with Crippen molar-refractivity contribution in [2.75, 3.05) is 0 Å². The molecule has 17 heavy (non-hydrogen) atoms. The van der Waals surface area contributed by atoms with Gasteiger partial charge in [-0.2, -0.15) is 5.10 Å². The van der Waals surface area contributed by atoms with E-state index in [1.807, 2.05) is 20.8 Å². The van der Waals surface area contributed by atoms with Gasteiger partial charge in [0.25, 0.3) is 5.91 Å². The van der Waals surface area contributed by atoms with Crippen molar-refractivity contribution in [3.63, 3.8) is 0 Å². The lowest BCUT2D eigenvalue weighted by Gasteiger charge is -2.28. The van der Waals surface area contributed by atoms with Crippen LogP contribution < -0.4 is 0 Å². The molecule has 1 amide bonds. The fourth-order valence-electron chi connectivity index (χ4n) is 2.13. The number of amides is 1. The lowest BCUT2D eigenvalue weighted by atomic mass is 9.98. The number of nitrogens with zero attached hydrogens (tertiary/aromatic N) is 2. The molecule has 0 spiro atoms. The third-order valence-electron chi connectivity index (χ3n) is 2.86. The summed E-state index contributed by atoms with van der Waals surface area (Å²) in [6.07, 6.45) is 0.756. The number of phenolic OH excluding ortho intramolecular Hbond substituents is 1. The van der Waals surface area contributed by atoms with Gasteiger partial charge in [0.2, 0.25) is 0 Å². The van der Waals surface area contributed by atoms with Crippen LogP contribution in [-0.2, 0) is 0 Å². The van der Waals surface area contributed by atoms with Crippen LogP contribution in [0.4, 0.5) is 0 Å². The molecular formula is C13H16N2O2. The fraction of sp³-hybridized carbons (Fsp3) is 0.385. The molecule has 2 rings (SSSR count). The van der Waals surface area contributed by atoms with Crippen molar-refractivity contribution in [2.24, 2.45) is 5.10 Å². The molecule has 0 aliphatic carbocycles. The second-order valence-corrected chi connectivity index (χ2v) is 4.96. The smallest absolute Gasteiger partial charge is 0.278 e. The van der Waals surface area contributed by atoms with Gasteiger partial charge in [0.05, 0.1) is 11.1 Å². The van der Waals surface area contributed by atoms with E-state index in [9.17, 15) is 9.90 Å². The SMILES string of the molecule is CC1=NN(C(=O)c2ccccc2O)C(C)(C)C1. The van der Waals surface area contributed by atoms with Crippen LogP contribution >= 0.6 is 0 Å². The topological polar surface area (TPSA) is 52.9 Å². The Morgan fingerprint density at radius 1 is 1.41 bits per heavy atom. The first-order chi connectivity index (χ1) is 7.92. The second kappa shape index (κ2) is 3.87. The Balaban J connectivity index is 2.36. The minimum Gasteiger partial charge on any atom is -0.507 e. The number of hydrogen-bond acceptors (Lipinski definition) is 3. The van der Waals surface area contributed by atoms with Crippen molar-refractivity contribution in [1.29, 1.82) is 0 Å². The Morgan fingerprint density at radius 2 is 2.06 bits per heavy atom. The molecule has 0 saturated carbocycles. The van der Waals surface area contributed by atoms with Crippen LogP contribution in [0.1, 0.15) is 37.6 Å². The Bertz CT molecular complexity index is 492. The van der Waals surface area contributed by atoms with Gasteiger partial charge in [-0.15, -0.1) is 0 Å². The zero-order chi connectivity index (χ0) is 12.6. The molecule has 0 fully saturated rings. The number of rotatable bonds is 1. The van der Waals surface area contributed by atoms with E-state index in [-0.39, 0.29) is 17.2 Å². The lowest BCUT2D eigenvalue weighted by Crippen LogP contribution is -2.40. The highest BCUT2D eigenvalue weighted by Gasteiger charge is 2.37. The summed E-state index contributed by atoms with van der Waals surface area (Å²) in [5.41, 5.74) is 0.890. The summed E-state index contributed by atoms with van der Waals surface area (Å²) in [7, 11) is 0. The van der Waals surface area contributed by atoms with E-state index in [4.69, 9.17) is 0 Å². The predicted molar refractivity (Wildman–Crippen MR) is 66.1 cm³/mol. The maximum atomic E-state index is 12.3. The van der Waals surface area contributed by atoms with Gasteiger partial charge in [-0.05, 0) is 32.9 Å². The Morgan fingerprint density at radius 3 is 2.59 bits per heavy atom. The quantitative estimate of drug-likeness (QED) is 0.808. The number of carbonyl (C=O) groups excluding carboxylic acids is 1. The van der Waals surface area contributed by atoms with Crippen molar-refractivity contribution < 1.29 is 9.90 Å². The summed E-state index contributed by atoms with van der Waals surface area (Å²) in [5, 5.41) is 15.4. The number of para-hydroxylation sites is 1. The maximum Gasteiger partial charge on any atom is 0.278 e. The van der Waals surface area contributed by atoms with E-state index in [0.29, 0.717) is 5.56 Å². The van der Waals surface area contributed by atoms with Gasteiger partial charge in [-0.25, -0.2) is 5.01 Å². The third kappa shape index (κ3) is 2.02. The summed E-state index contributed by atoms with van der Waals surface area (Å²) in [6.45, 7) is 5.83. The average molecular weight is 232 g/mol. The molecule has 1 aliphatic heterocycles. The summed E-state index contributed by atoms with van der Waals surface area (Å²) in [6, 6.07) is 6.53. The largest absolute Gasteiger partial charge is 0.507 e. The predicted octanol–water partition coefficient (Wildman–Crippen LogP) is 2.39. The van der Waals surface area contributed by atoms with Crippen LogP contribution in [0.5, 0.6) is 5.75 Å². The molecule has 1 N–H and O–H groups in total. The van der Waals surface area contributed by atoms with E-state index < -0.39 is 0 Å².